The lowest BCUT2D eigenvalue weighted by Crippen LogP contribution is -2.36. The topological polar surface area (TPSA) is 92.5 Å². The first kappa shape index (κ1) is 10.8. The zero-order valence-electron chi connectivity index (χ0n) is 6.53. The second kappa shape index (κ2) is 5.45. The average molecular weight is 176 g/mol. The van der Waals surface area contributed by atoms with Gasteiger partial charge in [0.25, 0.3) is 0 Å². The number of hydrogen-bond acceptors (Lipinski definition) is 4. The van der Waals surface area contributed by atoms with Gasteiger partial charge in [0.15, 0.2) is 0 Å². The van der Waals surface area contributed by atoms with Gasteiger partial charge in [-0.25, -0.2) is 0 Å². The van der Waals surface area contributed by atoms with Crippen LogP contribution in [0.15, 0.2) is 12.2 Å². The minimum Gasteiger partial charge on any atom is -0.410 e. The molecule has 0 bridgehead atoms. The average Bonchev–Trinajstić information content (AvgIpc) is 1.87. The molecule has 4 nitrogen and oxygen atoms in total. The van der Waals surface area contributed by atoms with Crippen molar-refractivity contribution in [3.8, 4) is 0 Å². The molecular weight excluding hydrogens is 160 g/mol. The van der Waals surface area contributed by atoms with Crippen LogP contribution in [0.1, 0.15) is 0 Å². The molecule has 0 amide bonds. The van der Waals surface area contributed by atoms with E-state index in [0.29, 0.717) is 25.2 Å². The fourth-order valence-corrected chi connectivity index (χ4v) is 1.91. The van der Waals surface area contributed by atoms with E-state index in [1.807, 2.05) is 0 Å². The van der Waals surface area contributed by atoms with Crippen LogP contribution in [0.4, 0.5) is 0 Å². The van der Waals surface area contributed by atoms with Gasteiger partial charge in [0.1, 0.15) is 0 Å². The molecule has 0 heterocycles. The van der Waals surface area contributed by atoms with Crippen LogP contribution < -0.4 is 11.5 Å². The van der Waals surface area contributed by atoms with Crippen molar-refractivity contribution in [1.82, 2.24) is 0 Å². The Labute approximate surface area is 67.8 Å². The van der Waals surface area contributed by atoms with Gasteiger partial charge in [-0.05, 0) is 6.54 Å². The van der Waals surface area contributed by atoms with Gasteiger partial charge in [0, 0.05) is 18.6 Å². The van der Waals surface area contributed by atoms with Gasteiger partial charge in [-0.15, -0.1) is 0 Å². The molecule has 0 saturated heterocycles. The predicted octanol–water partition coefficient (Wildman–Crippen LogP) is -1.11. The highest BCUT2D eigenvalue weighted by Gasteiger charge is 2.25. The van der Waals surface area contributed by atoms with Crippen molar-refractivity contribution in [2.45, 2.75) is 12.1 Å². The molecule has 0 spiro atoms. The first-order valence-electron chi connectivity index (χ1n) is 3.62. The van der Waals surface area contributed by atoms with Crippen LogP contribution in [0, 0.1) is 0 Å². The summed E-state index contributed by atoms with van der Waals surface area (Å²) in [6.45, 7) is 0.767. The van der Waals surface area contributed by atoms with Crippen LogP contribution in [0.3, 0.4) is 0 Å². The van der Waals surface area contributed by atoms with Crippen molar-refractivity contribution < 1.29 is 9.59 Å². The molecule has 0 saturated carbocycles. The zero-order chi connectivity index (χ0) is 8.74. The van der Waals surface area contributed by atoms with Crippen molar-refractivity contribution in [3.05, 3.63) is 12.2 Å². The maximum atomic E-state index is 9.26. The summed E-state index contributed by atoms with van der Waals surface area (Å²) in [6, 6.07) is 0.642. The third kappa shape index (κ3) is 6.21. The molecule has 0 rings (SSSR count). The number of hydrogen-bond donors (Lipinski definition) is 4. The van der Waals surface area contributed by atoms with E-state index in [1.165, 1.54) is 0 Å². The molecular formula is C6H16N2O2Si. The van der Waals surface area contributed by atoms with Crippen LogP contribution in [0.2, 0.25) is 12.1 Å². The Bertz CT molecular complexity index is 128. The van der Waals surface area contributed by atoms with E-state index in [9.17, 15) is 9.59 Å². The van der Waals surface area contributed by atoms with Crippen LogP contribution >= 0.6 is 0 Å². The van der Waals surface area contributed by atoms with Crippen LogP contribution in [-0.2, 0) is 0 Å². The summed E-state index contributed by atoms with van der Waals surface area (Å²) in [5.41, 5.74) is 10.4. The first-order chi connectivity index (χ1) is 5.12. The van der Waals surface area contributed by atoms with Gasteiger partial charge in [-0.2, -0.15) is 0 Å². The predicted molar refractivity (Wildman–Crippen MR) is 47.1 cm³/mol. The smallest absolute Gasteiger partial charge is 0.337 e. The fourth-order valence-electron chi connectivity index (χ4n) is 0.702. The van der Waals surface area contributed by atoms with E-state index in [-0.39, 0.29) is 0 Å². The molecule has 0 atom stereocenters. The quantitative estimate of drug-likeness (QED) is 0.315. The van der Waals surface area contributed by atoms with E-state index in [1.54, 1.807) is 12.2 Å². The summed E-state index contributed by atoms with van der Waals surface area (Å²) in [5, 5.41) is 0. The maximum Gasteiger partial charge on any atom is 0.337 e. The minimum atomic E-state index is -3.01. The fraction of sp³-hybridized carbons (Fsp3) is 0.667. The van der Waals surface area contributed by atoms with E-state index < -0.39 is 8.56 Å². The van der Waals surface area contributed by atoms with Crippen molar-refractivity contribution in [1.29, 1.82) is 0 Å². The molecule has 0 aromatic carbocycles. The van der Waals surface area contributed by atoms with Crippen molar-refractivity contribution >= 4 is 8.56 Å². The lowest BCUT2D eigenvalue weighted by atomic mass is 10.5. The summed E-state index contributed by atoms with van der Waals surface area (Å²) in [7, 11) is -3.01. The molecule has 5 heteroatoms. The summed E-state index contributed by atoms with van der Waals surface area (Å²) in [5.74, 6) is 0. The SMILES string of the molecule is NCC=CC[Si](O)(O)CCN. The lowest BCUT2D eigenvalue weighted by Gasteiger charge is -2.13. The van der Waals surface area contributed by atoms with Crippen molar-refractivity contribution in [2.24, 2.45) is 11.5 Å². The Kier molecular flexibility index (Phi) is 5.35. The first-order valence-corrected chi connectivity index (χ1v) is 5.93. The van der Waals surface area contributed by atoms with E-state index in [2.05, 4.69) is 0 Å². The molecule has 0 fully saturated rings. The third-order valence-electron chi connectivity index (χ3n) is 1.29. The normalized spacial score (nSPS) is 12.7. The molecule has 66 valence electrons. The number of nitrogens with two attached hydrogens (primary N) is 2. The van der Waals surface area contributed by atoms with E-state index in [0.717, 1.165) is 0 Å². The highest BCUT2D eigenvalue weighted by atomic mass is 28.4. The molecule has 11 heavy (non-hydrogen) atoms. The standard InChI is InChI=1S/C6H16N2O2Si/c7-3-1-2-5-11(9,10)6-4-8/h1-2,9-10H,3-8H2. The van der Waals surface area contributed by atoms with Gasteiger partial charge in [0.2, 0.25) is 0 Å². The molecule has 0 aliphatic carbocycles. The van der Waals surface area contributed by atoms with Gasteiger partial charge >= 0.3 is 8.56 Å². The summed E-state index contributed by atoms with van der Waals surface area (Å²) < 4.78 is 0. The molecule has 0 aliphatic heterocycles. The minimum absolute atomic E-state index is 0.321. The van der Waals surface area contributed by atoms with Crippen LogP contribution in [0.5, 0.6) is 0 Å². The number of rotatable bonds is 5. The summed E-state index contributed by atoms with van der Waals surface area (Å²) >= 11 is 0. The summed E-state index contributed by atoms with van der Waals surface area (Å²) in [6.07, 6.45) is 3.41. The van der Waals surface area contributed by atoms with Crippen molar-refractivity contribution in [2.75, 3.05) is 13.1 Å². The highest BCUT2D eigenvalue weighted by Crippen LogP contribution is 2.06. The Hall–Kier alpha value is -0.203. The van der Waals surface area contributed by atoms with Gasteiger partial charge in [-0.1, -0.05) is 12.2 Å². The van der Waals surface area contributed by atoms with Gasteiger partial charge < -0.3 is 21.1 Å². The van der Waals surface area contributed by atoms with Gasteiger partial charge in [-0.3, -0.25) is 0 Å². The van der Waals surface area contributed by atoms with E-state index in [4.69, 9.17) is 11.5 Å². The molecule has 6 N–H and O–H groups in total. The molecule has 0 unspecified atom stereocenters. The van der Waals surface area contributed by atoms with Crippen molar-refractivity contribution in [3.63, 3.8) is 0 Å². The van der Waals surface area contributed by atoms with Gasteiger partial charge in [0.05, 0.1) is 0 Å². The second-order valence-corrected chi connectivity index (χ2v) is 5.31. The van der Waals surface area contributed by atoms with Crippen LogP contribution in [0.25, 0.3) is 0 Å². The Balaban J connectivity index is 3.62. The molecule has 0 aromatic heterocycles. The zero-order valence-corrected chi connectivity index (χ0v) is 7.53. The Morgan fingerprint density at radius 3 is 2.27 bits per heavy atom. The molecule has 0 aliphatic rings. The lowest BCUT2D eigenvalue weighted by molar-refractivity contribution is 0.364. The second-order valence-electron chi connectivity index (χ2n) is 2.43. The molecule has 0 radical (unpaired) electrons. The van der Waals surface area contributed by atoms with E-state index >= 15 is 0 Å². The highest BCUT2D eigenvalue weighted by molar-refractivity contribution is 6.65. The molecule has 0 aromatic rings. The Morgan fingerprint density at radius 2 is 1.82 bits per heavy atom. The third-order valence-corrected chi connectivity index (χ3v) is 3.27. The summed E-state index contributed by atoms with van der Waals surface area (Å²) in [4.78, 5) is 18.5. The number of allylic oxidation sites excluding steroid dienone is 1. The maximum absolute atomic E-state index is 9.26. The monoisotopic (exact) mass is 176 g/mol. The van der Waals surface area contributed by atoms with Crippen LogP contribution in [-0.4, -0.2) is 31.2 Å². The Morgan fingerprint density at radius 1 is 1.18 bits per heavy atom. The largest absolute Gasteiger partial charge is 0.410 e.